The Bertz CT molecular complexity index is 1000. The molecule has 1 fully saturated rings. The second kappa shape index (κ2) is 9.34. The van der Waals surface area contributed by atoms with E-state index in [0.29, 0.717) is 13.1 Å². The van der Waals surface area contributed by atoms with Crippen LogP contribution in [0.4, 0.5) is 5.82 Å². The number of anilines is 1. The fourth-order valence-corrected chi connectivity index (χ4v) is 4.49. The van der Waals surface area contributed by atoms with E-state index in [9.17, 15) is 4.79 Å². The normalized spacial score (nSPS) is 16.5. The van der Waals surface area contributed by atoms with Gasteiger partial charge in [-0.3, -0.25) is 4.79 Å². The van der Waals surface area contributed by atoms with Crippen LogP contribution in [-0.2, 0) is 11.3 Å². The summed E-state index contributed by atoms with van der Waals surface area (Å²) in [5, 5.41) is 3.88. The quantitative estimate of drug-likeness (QED) is 0.636. The number of nitrogens with one attached hydrogen (secondary N) is 1. The number of hydrogen-bond acceptors (Lipinski definition) is 6. The Labute approximate surface area is 181 Å². The second-order valence-corrected chi connectivity index (χ2v) is 8.68. The number of amides is 1. The Morgan fingerprint density at radius 3 is 2.73 bits per heavy atom. The van der Waals surface area contributed by atoms with Gasteiger partial charge in [-0.1, -0.05) is 29.5 Å². The molecule has 2 aromatic heterocycles. The summed E-state index contributed by atoms with van der Waals surface area (Å²) < 4.78 is 5.55. The van der Waals surface area contributed by atoms with Crippen molar-refractivity contribution in [3.05, 3.63) is 65.9 Å². The van der Waals surface area contributed by atoms with E-state index in [4.69, 9.17) is 4.42 Å². The summed E-state index contributed by atoms with van der Waals surface area (Å²) in [5.74, 6) is 2.46. The monoisotopic (exact) mass is 422 g/mol. The molecule has 1 saturated heterocycles. The van der Waals surface area contributed by atoms with Crippen LogP contribution in [0, 0.1) is 19.8 Å². The summed E-state index contributed by atoms with van der Waals surface area (Å²) >= 11 is 1.61. The summed E-state index contributed by atoms with van der Waals surface area (Å²) in [6.45, 7) is 5.92. The molecule has 7 heteroatoms. The van der Waals surface area contributed by atoms with E-state index in [1.807, 2.05) is 19.1 Å². The topological polar surface area (TPSA) is 71.3 Å². The summed E-state index contributed by atoms with van der Waals surface area (Å²) in [5.41, 5.74) is 1.23. The predicted octanol–water partition coefficient (Wildman–Crippen LogP) is 4.37. The van der Waals surface area contributed by atoms with Crippen molar-refractivity contribution in [2.45, 2.75) is 43.2 Å². The lowest BCUT2D eigenvalue weighted by atomic mass is 9.97. The highest BCUT2D eigenvalue weighted by Crippen LogP contribution is 2.34. The standard InChI is InChI=1S/C23H26N4O2S/c1-16-5-9-20(10-6-16)30-23-21(24-11-12-25-23)27-13-3-4-18(15-27)22(28)26-14-19-8-7-17(2)29-19/h5-12,18H,3-4,13-15H2,1-2H3,(H,26,28)/t18-/m0/s1. The summed E-state index contributed by atoms with van der Waals surface area (Å²) in [4.78, 5) is 25.2. The van der Waals surface area contributed by atoms with Gasteiger partial charge in [-0.25, -0.2) is 9.97 Å². The van der Waals surface area contributed by atoms with Crippen molar-refractivity contribution in [1.29, 1.82) is 0 Å². The number of hydrogen-bond donors (Lipinski definition) is 1. The number of aromatic nitrogens is 2. The first kappa shape index (κ1) is 20.5. The van der Waals surface area contributed by atoms with Gasteiger partial charge in [0.25, 0.3) is 0 Å². The van der Waals surface area contributed by atoms with Gasteiger partial charge in [0.15, 0.2) is 5.82 Å². The van der Waals surface area contributed by atoms with E-state index in [-0.39, 0.29) is 11.8 Å². The Morgan fingerprint density at radius 1 is 1.17 bits per heavy atom. The Kier molecular flexibility index (Phi) is 6.38. The Morgan fingerprint density at radius 2 is 1.97 bits per heavy atom. The molecule has 0 saturated carbocycles. The van der Waals surface area contributed by atoms with Crippen molar-refractivity contribution in [1.82, 2.24) is 15.3 Å². The predicted molar refractivity (Wildman–Crippen MR) is 118 cm³/mol. The van der Waals surface area contributed by atoms with Crippen molar-refractivity contribution in [2.24, 2.45) is 5.92 Å². The van der Waals surface area contributed by atoms with Crippen molar-refractivity contribution < 1.29 is 9.21 Å². The lowest BCUT2D eigenvalue weighted by molar-refractivity contribution is -0.125. The van der Waals surface area contributed by atoms with Gasteiger partial charge in [0, 0.05) is 30.4 Å². The van der Waals surface area contributed by atoms with Gasteiger partial charge < -0.3 is 14.6 Å². The van der Waals surface area contributed by atoms with Crippen molar-refractivity contribution in [2.75, 3.05) is 18.0 Å². The van der Waals surface area contributed by atoms with Crippen LogP contribution in [0.25, 0.3) is 0 Å². The van der Waals surface area contributed by atoms with Crippen LogP contribution in [0.5, 0.6) is 0 Å². The number of furan rings is 1. The number of rotatable bonds is 6. The van der Waals surface area contributed by atoms with Crippen LogP contribution in [0.2, 0.25) is 0 Å². The Hall–Kier alpha value is -2.80. The van der Waals surface area contributed by atoms with E-state index >= 15 is 0 Å². The second-order valence-electron chi connectivity index (χ2n) is 7.62. The summed E-state index contributed by atoms with van der Waals surface area (Å²) in [7, 11) is 0. The molecule has 30 heavy (non-hydrogen) atoms. The van der Waals surface area contributed by atoms with E-state index in [2.05, 4.69) is 51.4 Å². The molecule has 3 heterocycles. The SMILES string of the molecule is Cc1ccc(Sc2nccnc2N2CCC[C@H](C(=O)NCc3ccc(C)o3)C2)cc1. The summed E-state index contributed by atoms with van der Waals surface area (Å²) in [6, 6.07) is 12.2. The molecule has 156 valence electrons. The first-order valence-electron chi connectivity index (χ1n) is 10.2. The molecule has 0 spiro atoms. The number of aryl methyl sites for hydroxylation is 2. The van der Waals surface area contributed by atoms with E-state index in [1.165, 1.54) is 5.56 Å². The third kappa shape index (κ3) is 5.02. The third-order valence-corrected chi connectivity index (χ3v) is 6.20. The molecular weight excluding hydrogens is 396 g/mol. The van der Waals surface area contributed by atoms with Crippen molar-refractivity contribution >= 4 is 23.5 Å². The molecule has 1 N–H and O–H groups in total. The molecule has 1 aliphatic heterocycles. The van der Waals surface area contributed by atoms with Crippen molar-refractivity contribution in [3.8, 4) is 0 Å². The van der Waals surface area contributed by atoms with E-state index < -0.39 is 0 Å². The van der Waals surface area contributed by atoms with E-state index in [1.54, 1.807) is 24.2 Å². The minimum absolute atomic E-state index is 0.0605. The van der Waals surface area contributed by atoms with Gasteiger partial charge >= 0.3 is 0 Å². The van der Waals surface area contributed by atoms with Crippen LogP contribution >= 0.6 is 11.8 Å². The highest BCUT2D eigenvalue weighted by Gasteiger charge is 2.28. The van der Waals surface area contributed by atoms with Crippen LogP contribution in [0.15, 0.2) is 63.1 Å². The van der Waals surface area contributed by atoms with Gasteiger partial charge in [-0.05, 0) is 51.0 Å². The third-order valence-electron chi connectivity index (χ3n) is 5.21. The van der Waals surface area contributed by atoms with Gasteiger partial charge in [-0.15, -0.1) is 0 Å². The maximum absolute atomic E-state index is 12.7. The van der Waals surface area contributed by atoms with E-state index in [0.717, 1.165) is 46.6 Å². The molecule has 1 amide bonds. The molecule has 4 rings (SSSR count). The first-order valence-corrected chi connectivity index (χ1v) is 11.0. The minimum Gasteiger partial charge on any atom is -0.465 e. The molecule has 1 aromatic carbocycles. The lowest BCUT2D eigenvalue weighted by Crippen LogP contribution is -2.43. The molecule has 0 radical (unpaired) electrons. The zero-order valence-corrected chi connectivity index (χ0v) is 18.1. The number of nitrogens with zero attached hydrogens (tertiary/aromatic N) is 3. The molecule has 6 nitrogen and oxygen atoms in total. The zero-order valence-electron chi connectivity index (χ0n) is 17.3. The number of carbonyl (C=O) groups is 1. The van der Waals surface area contributed by atoms with Gasteiger partial charge in [0.2, 0.25) is 5.91 Å². The molecule has 1 atom stereocenters. The summed E-state index contributed by atoms with van der Waals surface area (Å²) in [6.07, 6.45) is 5.26. The largest absolute Gasteiger partial charge is 0.465 e. The number of benzene rings is 1. The molecule has 3 aromatic rings. The van der Waals surface area contributed by atoms with Crippen LogP contribution in [0.3, 0.4) is 0 Å². The smallest absolute Gasteiger partial charge is 0.225 e. The molecular formula is C23H26N4O2S. The maximum atomic E-state index is 12.7. The number of carbonyl (C=O) groups excluding carboxylic acids is 1. The zero-order chi connectivity index (χ0) is 20.9. The first-order chi connectivity index (χ1) is 14.6. The molecule has 1 aliphatic rings. The van der Waals surface area contributed by atoms with Crippen molar-refractivity contribution in [3.63, 3.8) is 0 Å². The fourth-order valence-electron chi connectivity index (χ4n) is 3.61. The van der Waals surface area contributed by atoms with Crippen LogP contribution in [-0.4, -0.2) is 29.0 Å². The molecule has 0 aliphatic carbocycles. The average Bonchev–Trinajstić information content (AvgIpc) is 3.19. The van der Waals surface area contributed by atoms with Crippen LogP contribution in [0.1, 0.15) is 29.9 Å². The Balaban J connectivity index is 1.42. The highest BCUT2D eigenvalue weighted by atomic mass is 32.2. The molecule has 0 bridgehead atoms. The van der Waals surface area contributed by atoms with Gasteiger partial charge in [-0.2, -0.15) is 0 Å². The fraction of sp³-hybridized carbons (Fsp3) is 0.348. The maximum Gasteiger partial charge on any atom is 0.225 e. The highest BCUT2D eigenvalue weighted by molar-refractivity contribution is 7.99. The minimum atomic E-state index is -0.0750. The lowest BCUT2D eigenvalue weighted by Gasteiger charge is -2.33. The van der Waals surface area contributed by atoms with Crippen LogP contribution < -0.4 is 10.2 Å². The van der Waals surface area contributed by atoms with Gasteiger partial charge in [0.1, 0.15) is 16.5 Å². The number of piperidine rings is 1. The average molecular weight is 423 g/mol. The van der Waals surface area contributed by atoms with Gasteiger partial charge in [0.05, 0.1) is 12.5 Å². The molecule has 0 unspecified atom stereocenters.